The standard InChI is InChI=1S/C15H20OS2/c1-9-6-5-7-13(10(9)2)15(16)14-8-17-11(3)12(4)18-14/h5-7,11-12,14H,8H2,1-4H3. The summed E-state index contributed by atoms with van der Waals surface area (Å²) in [5, 5.41) is 1.34. The molecule has 0 saturated carbocycles. The lowest BCUT2D eigenvalue weighted by atomic mass is 9.99. The Morgan fingerprint density at radius 3 is 2.61 bits per heavy atom. The lowest BCUT2D eigenvalue weighted by molar-refractivity contribution is 0.0994. The van der Waals surface area contributed by atoms with Crippen molar-refractivity contribution < 1.29 is 4.79 Å². The van der Waals surface area contributed by atoms with Crippen LogP contribution < -0.4 is 0 Å². The minimum Gasteiger partial charge on any atom is -0.293 e. The fraction of sp³-hybridized carbons (Fsp3) is 0.533. The van der Waals surface area contributed by atoms with Crippen molar-refractivity contribution in [2.45, 2.75) is 43.4 Å². The summed E-state index contributed by atoms with van der Waals surface area (Å²) >= 11 is 3.77. The topological polar surface area (TPSA) is 17.1 Å². The van der Waals surface area contributed by atoms with Gasteiger partial charge in [0, 0.05) is 21.8 Å². The SMILES string of the molecule is Cc1cccc(C(=O)C2CSC(C)C(C)S2)c1C. The molecule has 3 atom stereocenters. The molecule has 3 unspecified atom stereocenters. The van der Waals surface area contributed by atoms with Crippen molar-refractivity contribution in [3.8, 4) is 0 Å². The van der Waals surface area contributed by atoms with Crippen molar-refractivity contribution in [1.82, 2.24) is 0 Å². The zero-order valence-corrected chi connectivity index (χ0v) is 13.0. The van der Waals surface area contributed by atoms with Crippen molar-refractivity contribution in [1.29, 1.82) is 0 Å². The number of carbonyl (C=O) groups excluding carboxylic acids is 1. The van der Waals surface area contributed by atoms with Gasteiger partial charge >= 0.3 is 0 Å². The lowest BCUT2D eigenvalue weighted by Crippen LogP contribution is -2.32. The van der Waals surface area contributed by atoms with E-state index in [9.17, 15) is 4.79 Å². The zero-order chi connectivity index (χ0) is 13.3. The monoisotopic (exact) mass is 280 g/mol. The highest BCUT2D eigenvalue weighted by atomic mass is 32.2. The van der Waals surface area contributed by atoms with Crippen LogP contribution in [0.3, 0.4) is 0 Å². The second-order valence-electron chi connectivity index (χ2n) is 4.98. The molecule has 98 valence electrons. The van der Waals surface area contributed by atoms with Gasteiger partial charge in [-0.1, -0.05) is 32.0 Å². The molecule has 0 N–H and O–H groups in total. The Hall–Kier alpha value is -0.410. The molecule has 3 heteroatoms. The maximum Gasteiger partial charge on any atom is 0.176 e. The van der Waals surface area contributed by atoms with Gasteiger partial charge in [-0.2, -0.15) is 11.8 Å². The van der Waals surface area contributed by atoms with Crippen LogP contribution in [0.1, 0.15) is 35.3 Å². The van der Waals surface area contributed by atoms with Crippen molar-refractivity contribution in [3.05, 3.63) is 34.9 Å². The molecule has 1 nitrogen and oxygen atoms in total. The molecular formula is C15H20OS2. The third-order valence-electron chi connectivity index (χ3n) is 3.71. The highest BCUT2D eigenvalue weighted by molar-refractivity contribution is 8.08. The Morgan fingerprint density at radius 2 is 1.94 bits per heavy atom. The number of thioether (sulfide) groups is 2. The molecule has 1 aromatic carbocycles. The lowest BCUT2D eigenvalue weighted by Gasteiger charge is -2.30. The van der Waals surface area contributed by atoms with E-state index in [1.54, 1.807) is 0 Å². The summed E-state index contributed by atoms with van der Waals surface area (Å²) in [5.74, 6) is 1.26. The summed E-state index contributed by atoms with van der Waals surface area (Å²) in [5.41, 5.74) is 3.25. The van der Waals surface area contributed by atoms with E-state index in [0.29, 0.717) is 16.3 Å². The molecule has 0 radical (unpaired) electrons. The fourth-order valence-electron chi connectivity index (χ4n) is 2.11. The third-order valence-corrected chi connectivity index (χ3v) is 7.10. The smallest absolute Gasteiger partial charge is 0.176 e. The van der Waals surface area contributed by atoms with Crippen LogP contribution in [0.25, 0.3) is 0 Å². The molecule has 1 aliphatic rings. The van der Waals surface area contributed by atoms with Gasteiger partial charge in [-0.3, -0.25) is 4.79 Å². The van der Waals surface area contributed by atoms with Crippen LogP contribution in [-0.2, 0) is 0 Å². The van der Waals surface area contributed by atoms with E-state index in [1.807, 2.05) is 35.7 Å². The van der Waals surface area contributed by atoms with Crippen LogP contribution >= 0.6 is 23.5 Å². The molecule has 1 fully saturated rings. The van der Waals surface area contributed by atoms with Crippen LogP contribution in [0.4, 0.5) is 0 Å². The Bertz CT molecular complexity index is 456. The summed E-state index contributed by atoms with van der Waals surface area (Å²) in [7, 11) is 0. The van der Waals surface area contributed by atoms with E-state index in [-0.39, 0.29) is 5.25 Å². The normalized spacial score (nSPS) is 28.1. The third kappa shape index (κ3) is 2.77. The predicted molar refractivity (Wildman–Crippen MR) is 83.0 cm³/mol. The molecule has 0 amide bonds. The maximum atomic E-state index is 12.6. The van der Waals surface area contributed by atoms with Crippen molar-refractivity contribution in [2.24, 2.45) is 0 Å². The molecule has 0 spiro atoms. The first-order valence-electron chi connectivity index (χ1n) is 6.38. The Labute approximate surface area is 118 Å². The van der Waals surface area contributed by atoms with Gasteiger partial charge in [0.05, 0.1) is 5.25 Å². The second-order valence-corrected chi connectivity index (χ2v) is 7.98. The summed E-state index contributed by atoms with van der Waals surface area (Å²) in [6, 6.07) is 6.03. The molecule has 1 saturated heterocycles. The molecule has 1 heterocycles. The van der Waals surface area contributed by atoms with Crippen molar-refractivity contribution in [2.75, 3.05) is 5.75 Å². The highest BCUT2D eigenvalue weighted by Gasteiger charge is 2.31. The maximum absolute atomic E-state index is 12.6. The first-order valence-corrected chi connectivity index (χ1v) is 8.37. The molecule has 0 bridgehead atoms. The molecule has 0 aromatic heterocycles. The first-order chi connectivity index (χ1) is 8.50. The Morgan fingerprint density at radius 1 is 1.22 bits per heavy atom. The molecule has 1 aliphatic heterocycles. The minimum absolute atomic E-state index is 0.127. The van der Waals surface area contributed by atoms with Gasteiger partial charge in [0.15, 0.2) is 5.78 Å². The summed E-state index contributed by atoms with van der Waals surface area (Å²) in [4.78, 5) is 12.6. The van der Waals surface area contributed by atoms with Gasteiger partial charge in [-0.25, -0.2) is 0 Å². The number of ketones is 1. The van der Waals surface area contributed by atoms with E-state index in [0.717, 1.165) is 16.9 Å². The van der Waals surface area contributed by atoms with Gasteiger partial charge in [0.25, 0.3) is 0 Å². The summed E-state index contributed by atoms with van der Waals surface area (Å²) in [6.07, 6.45) is 0. The number of carbonyl (C=O) groups is 1. The number of rotatable bonds is 2. The van der Waals surface area contributed by atoms with Crippen LogP contribution in [0, 0.1) is 13.8 Å². The number of benzene rings is 1. The van der Waals surface area contributed by atoms with Gasteiger partial charge in [0.2, 0.25) is 0 Å². The molecule has 1 aromatic rings. The number of Topliss-reactive ketones (excluding diaryl/α,β-unsaturated/α-hetero) is 1. The average molecular weight is 280 g/mol. The van der Waals surface area contributed by atoms with Gasteiger partial charge in [-0.05, 0) is 25.0 Å². The largest absolute Gasteiger partial charge is 0.293 e. The van der Waals surface area contributed by atoms with Crippen LogP contribution in [0.15, 0.2) is 18.2 Å². The molecule has 18 heavy (non-hydrogen) atoms. The second kappa shape index (κ2) is 5.70. The molecule has 0 aliphatic carbocycles. The molecule has 2 rings (SSSR count). The highest BCUT2D eigenvalue weighted by Crippen LogP contribution is 2.37. The zero-order valence-electron chi connectivity index (χ0n) is 11.4. The fourth-order valence-corrected chi connectivity index (χ4v) is 4.98. The van der Waals surface area contributed by atoms with Crippen LogP contribution in [0.2, 0.25) is 0 Å². The van der Waals surface area contributed by atoms with Crippen LogP contribution in [-0.4, -0.2) is 27.3 Å². The summed E-state index contributed by atoms with van der Waals surface area (Å²) < 4.78 is 0. The van der Waals surface area contributed by atoms with E-state index >= 15 is 0 Å². The Balaban J connectivity index is 2.19. The van der Waals surface area contributed by atoms with E-state index in [1.165, 1.54) is 5.56 Å². The van der Waals surface area contributed by atoms with Crippen LogP contribution in [0.5, 0.6) is 0 Å². The number of aryl methyl sites for hydroxylation is 1. The van der Waals surface area contributed by atoms with E-state index in [2.05, 4.69) is 33.8 Å². The molecular weight excluding hydrogens is 260 g/mol. The van der Waals surface area contributed by atoms with Gasteiger partial charge < -0.3 is 0 Å². The van der Waals surface area contributed by atoms with E-state index in [4.69, 9.17) is 0 Å². The van der Waals surface area contributed by atoms with E-state index < -0.39 is 0 Å². The number of hydrogen-bond acceptors (Lipinski definition) is 3. The summed E-state index contributed by atoms with van der Waals surface area (Å²) in [6.45, 7) is 8.60. The minimum atomic E-state index is 0.127. The predicted octanol–water partition coefficient (Wildman–Crippen LogP) is 4.11. The number of hydrogen-bond donors (Lipinski definition) is 0. The van der Waals surface area contributed by atoms with Gasteiger partial charge in [0.1, 0.15) is 0 Å². The van der Waals surface area contributed by atoms with Crippen molar-refractivity contribution in [3.63, 3.8) is 0 Å². The Kier molecular flexibility index (Phi) is 4.44. The quantitative estimate of drug-likeness (QED) is 0.759. The first kappa shape index (κ1) is 14.0. The van der Waals surface area contributed by atoms with Gasteiger partial charge in [-0.15, -0.1) is 11.8 Å². The average Bonchev–Trinajstić information content (AvgIpc) is 2.35. The van der Waals surface area contributed by atoms with Crippen molar-refractivity contribution >= 4 is 29.3 Å².